The van der Waals surface area contributed by atoms with Crippen LogP contribution in [-0.4, -0.2) is 16.9 Å². The molecule has 0 saturated heterocycles. The van der Waals surface area contributed by atoms with Crippen LogP contribution in [0.2, 0.25) is 0 Å². The molecule has 0 saturated carbocycles. The number of hydrogen-bond donors (Lipinski definition) is 1. The van der Waals surface area contributed by atoms with Crippen molar-refractivity contribution in [2.24, 2.45) is 0 Å². The third kappa shape index (κ3) is 2.81. The molecule has 0 unspecified atom stereocenters. The van der Waals surface area contributed by atoms with Crippen molar-refractivity contribution in [1.82, 2.24) is 0 Å². The number of hydrogen-bond acceptors (Lipinski definition) is 3. The van der Waals surface area contributed by atoms with E-state index in [4.69, 9.17) is 9.52 Å². The predicted octanol–water partition coefficient (Wildman–Crippen LogP) is 2.47. The lowest BCUT2D eigenvalue weighted by Crippen LogP contribution is -2.08. The Kier molecular flexibility index (Phi) is 3.65. The average Bonchev–Trinajstić information content (AvgIpc) is 2.42. The van der Waals surface area contributed by atoms with E-state index in [0.717, 1.165) is 6.08 Å². The Morgan fingerprint density at radius 2 is 2.07 bits per heavy atom. The highest BCUT2D eigenvalue weighted by atomic mass is 79.9. The first-order chi connectivity index (χ1) is 6.50. The monoisotopic (exact) mass is 322 g/mol. The first kappa shape index (κ1) is 11.2. The van der Waals surface area contributed by atoms with Crippen LogP contribution in [0.5, 0.6) is 0 Å². The highest BCUT2D eigenvalue weighted by Crippen LogP contribution is 2.27. The van der Waals surface area contributed by atoms with Crippen molar-refractivity contribution in [2.75, 3.05) is 0 Å². The lowest BCUT2D eigenvalue weighted by Gasteiger charge is -1.83. The number of rotatable bonds is 3. The molecule has 0 amide bonds. The zero-order valence-electron chi connectivity index (χ0n) is 6.66. The van der Waals surface area contributed by atoms with Gasteiger partial charge in [0.1, 0.15) is 5.76 Å². The molecule has 4 nitrogen and oxygen atoms in total. The Hall–Kier alpha value is -0.880. The summed E-state index contributed by atoms with van der Waals surface area (Å²) in [7, 11) is 0. The molecule has 1 heterocycles. The average molecular weight is 324 g/mol. The number of carbonyl (C=O) groups excluding carboxylic acids is 1. The minimum absolute atomic E-state index is 0.387. The summed E-state index contributed by atoms with van der Waals surface area (Å²) in [6.45, 7) is 0. The quantitative estimate of drug-likeness (QED) is 0.685. The number of carboxylic acids is 1. The van der Waals surface area contributed by atoms with Crippen molar-refractivity contribution < 1.29 is 19.1 Å². The van der Waals surface area contributed by atoms with Crippen LogP contribution in [0.15, 0.2) is 25.7 Å². The number of carbonyl (C=O) groups is 2. The van der Waals surface area contributed by atoms with Gasteiger partial charge in [0.2, 0.25) is 0 Å². The number of carboxylic acid groups (broad SMARTS) is 1. The van der Waals surface area contributed by atoms with Gasteiger partial charge in [0.15, 0.2) is 4.67 Å². The van der Waals surface area contributed by atoms with Gasteiger partial charge in [-0.15, -0.1) is 0 Å². The van der Waals surface area contributed by atoms with E-state index >= 15 is 0 Å². The van der Waals surface area contributed by atoms with Crippen LogP contribution in [-0.2, 0) is 9.59 Å². The first-order valence-corrected chi connectivity index (χ1v) is 4.99. The summed E-state index contributed by atoms with van der Waals surface area (Å²) >= 11 is 6.28. The van der Waals surface area contributed by atoms with E-state index < -0.39 is 11.8 Å². The maximum atomic E-state index is 10.7. The van der Waals surface area contributed by atoms with Gasteiger partial charge in [-0.3, -0.25) is 4.79 Å². The summed E-state index contributed by atoms with van der Waals surface area (Å²) in [6, 6.07) is 1.61. The molecule has 0 spiro atoms. The second-order valence-electron chi connectivity index (χ2n) is 2.27. The normalized spacial score (nSPS) is 10.7. The number of ketones is 1. The van der Waals surface area contributed by atoms with Crippen LogP contribution in [0.25, 0.3) is 6.08 Å². The van der Waals surface area contributed by atoms with E-state index in [-0.39, 0.29) is 0 Å². The molecule has 0 bridgehead atoms. The highest BCUT2D eigenvalue weighted by Gasteiger charge is 2.07. The first-order valence-electron chi connectivity index (χ1n) is 3.41. The SMILES string of the molecule is O=C(O)C(=O)/C=C/c1cc(Br)c(Br)o1. The van der Waals surface area contributed by atoms with Gasteiger partial charge < -0.3 is 9.52 Å². The van der Waals surface area contributed by atoms with Crippen molar-refractivity contribution in [3.8, 4) is 0 Å². The predicted molar refractivity (Wildman–Crippen MR) is 55.8 cm³/mol. The molecule has 0 fully saturated rings. The largest absolute Gasteiger partial charge is 0.475 e. The van der Waals surface area contributed by atoms with Crippen LogP contribution in [0.4, 0.5) is 0 Å². The lowest BCUT2D eigenvalue weighted by molar-refractivity contribution is -0.146. The van der Waals surface area contributed by atoms with Gasteiger partial charge in [0, 0.05) is 0 Å². The smallest absolute Gasteiger partial charge is 0.376 e. The standard InChI is InChI=1S/C8H4Br2O4/c9-5-3-4(14-7(5)10)1-2-6(11)8(12)13/h1-3H,(H,12,13)/b2-1+. The van der Waals surface area contributed by atoms with Crippen LogP contribution in [0.1, 0.15) is 5.76 Å². The molecule has 0 atom stereocenters. The Balaban J connectivity index is 2.79. The molecule has 1 rings (SSSR count). The molecular weight excluding hydrogens is 320 g/mol. The molecule has 0 radical (unpaired) electrons. The van der Waals surface area contributed by atoms with Crippen molar-refractivity contribution >= 4 is 49.7 Å². The maximum Gasteiger partial charge on any atom is 0.376 e. The minimum Gasteiger partial charge on any atom is -0.475 e. The molecule has 1 aromatic heterocycles. The summed E-state index contributed by atoms with van der Waals surface area (Å²) in [4.78, 5) is 20.8. The van der Waals surface area contributed by atoms with E-state index in [0.29, 0.717) is 14.9 Å². The fraction of sp³-hybridized carbons (Fsp3) is 0. The molecular formula is C8H4Br2O4. The Morgan fingerprint density at radius 1 is 1.43 bits per heavy atom. The van der Waals surface area contributed by atoms with Crippen LogP contribution in [0, 0.1) is 0 Å². The Morgan fingerprint density at radius 3 is 2.50 bits per heavy atom. The van der Waals surface area contributed by atoms with Gasteiger partial charge in [-0.1, -0.05) is 0 Å². The van der Waals surface area contributed by atoms with E-state index in [1.165, 1.54) is 6.08 Å². The van der Waals surface area contributed by atoms with Crippen LogP contribution in [0.3, 0.4) is 0 Å². The van der Waals surface area contributed by atoms with Crippen molar-refractivity contribution in [1.29, 1.82) is 0 Å². The summed E-state index contributed by atoms with van der Waals surface area (Å²) in [5.74, 6) is -2.10. The van der Waals surface area contributed by atoms with E-state index in [9.17, 15) is 9.59 Å². The molecule has 1 N–H and O–H groups in total. The van der Waals surface area contributed by atoms with Crippen molar-refractivity contribution in [3.63, 3.8) is 0 Å². The van der Waals surface area contributed by atoms with Gasteiger partial charge in [-0.25, -0.2) is 4.79 Å². The van der Waals surface area contributed by atoms with Crippen molar-refractivity contribution in [3.05, 3.63) is 27.0 Å². The fourth-order valence-corrected chi connectivity index (χ4v) is 1.28. The molecule has 0 aliphatic carbocycles. The van der Waals surface area contributed by atoms with E-state index in [2.05, 4.69) is 31.9 Å². The lowest BCUT2D eigenvalue weighted by atomic mass is 10.3. The summed E-state index contributed by atoms with van der Waals surface area (Å²) < 4.78 is 6.26. The third-order valence-electron chi connectivity index (χ3n) is 1.27. The number of halogens is 2. The van der Waals surface area contributed by atoms with Crippen LogP contribution >= 0.6 is 31.9 Å². The van der Waals surface area contributed by atoms with Crippen molar-refractivity contribution in [2.45, 2.75) is 0 Å². The third-order valence-corrected chi connectivity index (χ3v) is 2.98. The zero-order valence-corrected chi connectivity index (χ0v) is 9.83. The van der Waals surface area contributed by atoms with Gasteiger partial charge in [0.25, 0.3) is 5.78 Å². The van der Waals surface area contributed by atoms with E-state index in [1.54, 1.807) is 6.07 Å². The molecule has 0 aromatic carbocycles. The molecule has 0 aliphatic rings. The minimum atomic E-state index is -1.49. The molecule has 6 heteroatoms. The fourth-order valence-electron chi connectivity index (χ4n) is 0.675. The second-order valence-corrected chi connectivity index (χ2v) is 3.85. The summed E-state index contributed by atoms with van der Waals surface area (Å²) in [6.07, 6.45) is 2.21. The molecule has 1 aromatic rings. The topological polar surface area (TPSA) is 67.5 Å². The molecule has 74 valence electrons. The number of aliphatic carboxylic acids is 1. The summed E-state index contributed by atoms with van der Waals surface area (Å²) in [5.41, 5.74) is 0. The van der Waals surface area contributed by atoms with Crippen LogP contribution < -0.4 is 0 Å². The Bertz CT molecular complexity index is 386. The zero-order chi connectivity index (χ0) is 10.7. The second kappa shape index (κ2) is 4.56. The Labute approximate surface area is 95.8 Å². The maximum absolute atomic E-state index is 10.7. The molecule has 0 aliphatic heterocycles. The summed E-state index contributed by atoms with van der Waals surface area (Å²) in [5, 5.41) is 8.27. The van der Waals surface area contributed by atoms with Gasteiger partial charge in [0.05, 0.1) is 4.47 Å². The van der Waals surface area contributed by atoms with E-state index in [1.807, 2.05) is 0 Å². The number of furan rings is 1. The van der Waals surface area contributed by atoms with Gasteiger partial charge >= 0.3 is 5.97 Å². The van der Waals surface area contributed by atoms with Gasteiger partial charge in [-0.05, 0) is 50.1 Å². The molecule has 14 heavy (non-hydrogen) atoms. The highest BCUT2D eigenvalue weighted by molar-refractivity contribution is 9.13. The van der Waals surface area contributed by atoms with Gasteiger partial charge in [-0.2, -0.15) is 0 Å².